The Morgan fingerprint density at radius 2 is 2.50 bits per heavy atom. The van der Waals surface area contributed by atoms with Crippen molar-refractivity contribution in [2.24, 2.45) is 7.05 Å². The van der Waals surface area contributed by atoms with Crippen LogP contribution in [0.25, 0.3) is 0 Å². The molecule has 0 aliphatic heterocycles. The highest BCUT2D eigenvalue weighted by Crippen LogP contribution is 2.19. The highest BCUT2D eigenvalue weighted by atomic mass is 35.5. The van der Waals surface area contributed by atoms with Crippen LogP contribution < -0.4 is 5.32 Å². The second kappa shape index (κ2) is 4.97. The topological polar surface area (TPSA) is 56.1 Å². The third-order valence-electron chi connectivity index (χ3n) is 1.58. The molecule has 0 saturated carbocycles. The predicted octanol–water partition coefficient (Wildman–Crippen LogP) is 1.05. The number of nitrogens with zero attached hydrogens (tertiary/aromatic N) is 2. The molecule has 1 aromatic rings. The summed E-state index contributed by atoms with van der Waals surface area (Å²) in [5, 5.41) is 6.86. The maximum Gasteiger partial charge on any atom is 0.250 e. The number of anilines is 1. The molecule has 0 aromatic carbocycles. The molecule has 0 aliphatic carbocycles. The lowest BCUT2D eigenvalue weighted by Crippen LogP contribution is -2.18. The number of ether oxygens (including phenoxy) is 1. The van der Waals surface area contributed by atoms with Crippen LogP contribution in [0.1, 0.15) is 6.92 Å². The molecule has 1 rings (SSSR count). The molecule has 1 N–H and O–H groups in total. The normalized spacial score (nSPS) is 10.2. The summed E-state index contributed by atoms with van der Waals surface area (Å²) in [6, 6.07) is 0. The molecule has 78 valence electrons. The zero-order valence-electron chi connectivity index (χ0n) is 8.08. The third-order valence-corrected chi connectivity index (χ3v) is 2.03. The Morgan fingerprint density at radius 3 is 3.00 bits per heavy atom. The molecule has 0 fully saturated rings. The van der Waals surface area contributed by atoms with Crippen molar-refractivity contribution in [3.05, 3.63) is 11.3 Å². The number of amides is 1. The Hall–Kier alpha value is -1.07. The fourth-order valence-corrected chi connectivity index (χ4v) is 1.03. The van der Waals surface area contributed by atoms with Crippen LogP contribution in [0.5, 0.6) is 0 Å². The molecule has 14 heavy (non-hydrogen) atoms. The van der Waals surface area contributed by atoms with Gasteiger partial charge in [-0.25, -0.2) is 0 Å². The first kappa shape index (κ1) is 11.0. The minimum absolute atomic E-state index is 0.0295. The van der Waals surface area contributed by atoms with Crippen LogP contribution in [-0.4, -0.2) is 28.9 Å². The van der Waals surface area contributed by atoms with Gasteiger partial charge in [-0.3, -0.25) is 9.48 Å². The monoisotopic (exact) mass is 217 g/mol. The van der Waals surface area contributed by atoms with Gasteiger partial charge in [-0.15, -0.1) is 0 Å². The molecule has 1 amide bonds. The van der Waals surface area contributed by atoms with Crippen LogP contribution >= 0.6 is 11.6 Å². The van der Waals surface area contributed by atoms with Crippen LogP contribution in [0, 0.1) is 0 Å². The van der Waals surface area contributed by atoms with Crippen molar-refractivity contribution in [3.8, 4) is 0 Å². The molecule has 1 aromatic heterocycles. The van der Waals surface area contributed by atoms with Crippen LogP contribution in [-0.2, 0) is 16.6 Å². The first-order chi connectivity index (χ1) is 6.65. The quantitative estimate of drug-likeness (QED) is 0.820. The number of aryl methyl sites for hydroxylation is 1. The second-order valence-corrected chi connectivity index (χ2v) is 3.02. The Kier molecular flexibility index (Phi) is 3.91. The van der Waals surface area contributed by atoms with E-state index in [1.54, 1.807) is 7.05 Å². The van der Waals surface area contributed by atoms with Gasteiger partial charge in [0, 0.05) is 13.7 Å². The van der Waals surface area contributed by atoms with Crippen LogP contribution in [0.3, 0.4) is 0 Å². The predicted molar refractivity (Wildman–Crippen MR) is 53.3 cm³/mol. The molecule has 0 atom stereocenters. The van der Waals surface area contributed by atoms with Crippen molar-refractivity contribution in [1.82, 2.24) is 9.78 Å². The van der Waals surface area contributed by atoms with E-state index in [-0.39, 0.29) is 12.5 Å². The molecule has 5 nitrogen and oxygen atoms in total. The van der Waals surface area contributed by atoms with Crippen molar-refractivity contribution in [1.29, 1.82) is 0 Å². The molecule has 6 heteroatoms. The van der Waals surface area contributed by atoms with Crippen LogP contribution in [0.4, 0.5) is 5.69 Å². The van der Waals surface area contributed by atoms with Crippen molar-refractivity contribution in [2.45, 2.75) is 6.92 Å². The lowest BCUT2D eigenvalue weighted by atomic mass is 10.5. The lowest BCUT2D eigenvalue weighted by molar-refractivity contribution is -0.120. The molecule has 1 heterocycles. The number of halogens is 1. The van der Waals surface area contributed by atoms with Crippen molar-refractivity contribution < 1.29 is 9.53 Å². The number of hydrogen-bond acceptors (Lipinski definition) is 3. The molecular formula is C8H12ClN3O2. The minimum Gasteiger partial charge on any atom is -0.372 e. The van der Waals surface area contributed by atoms with E-state index >= 15 is 0 Å². The van der Waals surface area contributed by atoms with Crippen LogP contribution in [0.15, 0.2) is 6.20 Å². The Labute approximate surface area is 87.0 Å². The van der Waals surface area contributed by atoms with E-state index in [9.17, 15) is 4.79 Å². The zero-order chi connectivity index (χ0) is 10.6. The van der Waals surface area contributed by atoms with Gasteiger partial charge in [0.15, 0.2) is 0 Å². The maximum absolute atomic E-state index is 11.2. The summed E-state index contributed by atoms with van der Waals surface area (Å²) in [5.74, 6) is -0.234. The average Bonchev–Trinajstić information content (AvgIpc) is 2.46. The first-order valence-corrected chi connectivity index (χ1v) is 4.58. The number of nitrogens with one attached hydrogen (secondary N) is 1. The SMILES string of the molecule is CCOCC(=O)Nc1cnn(C)c1Cl. The highest BCUT2D eigenvalue weighted by molar-refractivity contribution is 6.32. The Morgan fingerprint density at radius 1 is 1.79 bits per heavy atom. The van der Waals surface area contributed by atoms with Crippen molar-refractivity contribution in [2.75, 3.05) is 18.5 Å². The standard InChI is InChI=1S/C8H12ClN3O2/c1-3-14-5-7(13)11-6-4-10-12(2)8(6)9/h4H,3,5H2,1-2H3,(H,11,13). The fraction of sp³-hybridized carbons (Fsp3) is 0.500. The maximum atomic E-state index is 11.2. The van der Waals surface area contributed by atoms with E-state index in [2.05, 4.69) is 10.4 Å². The largest absolute Gasteiger partial charge is 0.372 e. The van der Waals surface area contributed by atoms with E-state index in [1.165, 1.54) is 10.9 Å². The highest BCUT2D eigenvalue weighted by Gasteiger charge is 2.08. The smallest absolute Gasteiger partial charge is 0.250 e. The Balaban J connectivity index is 2.52. The summed E-state index contributed by atoms with van der Waals surface area (Å²) in [7, 11) is 1.69. The first-order valence-electron chi connectivity index (χ1n) is 4.20. The molecular weight excluding hydrogens is 206 g/mol. The van der Waals surface area contributed by atoms with Gasteiger partial charge in [0.05, 0.1) is 11.9 Å². The summed E-state index contributed by atoms with van der Waals surface area (Å²) in [6.07, 6.45) is 1.49. The van der Waals surface area contributed by atoms with E-state index in [0.717, 1.165) is 0 Å². The van der Waals surface area contributed by atoms with Gasteiger partial charge in [0.2, 0.25) is 5.91 Å². The van der Waals surface area contributed by atoms with Gasteiger partial charge < -0.3 is 10.1 Å². The third kappa shape index (κ3) is 2.71. The zero-order valence-corrected chi connectivity index (χ0v) is 8.84. The van der Waals surface area contributed by atoms with Gasteiger partial charge in [0.25, 0.3) is 0 Å². The number of hydrogen-bond donors (Lipinski definition) is 1. The Bertz CT molecular complexity index is 324. The number of carbonyl (C=O) groups excluding carboxylic acids is 1. The van der Waals surface area contributed by atoms with E-state index in [0.29, 0.717) is 17.4 Å². The summed E-state index contributed by atoms with van der Waals surface area (Å²) in [4.78, 5) is 11.2. The molecule has 0 spiro atoms. The molecule has 0 bridgehead atoms. The van der Waals surface area contributed by atoms with E-state index in [1.807, 2.05) is 6.92 Å². The van der Waals surface area contributed by atoms with Crippen molar-refractivity contribution in [3.63, 3.8) is 0 Å². The number of rotatable bonds is 4. The minimum atomic E-state index is -0.234. The number of aromatic nitrogens is 2. The molecule has 0 aliphatic rings. The van der Waals surface area contributed by atoms with E-state index < -0.39 is 0 Å². The van der Waals surface area contributed by atoms with Gasteiger partial charge in [0.1, 0.15) is 11.8 Å². The number of carbonyl (C=O) groups is 1. The van der Waals surface area contributed by atoms with E-state index in [4.69, 9.17) is 16.3 Å². The summed E-state index contributed by atoms with van der Waals surface area (Å²) in [6.45, 7) is 2.36. The molecule has 0 unspecified atom stereocenters. The summed E-state index contributed by atoms with van der Waals surface area (Å²) < 4.78 is 6.40. The van der Waals surface area contributed by atoms with Gasteiger partial charge in [-0.05, 0) is 6.92 Å². The second-order valence-electron chi connectivity index (χ2n) is 2.66. The van der Waals surface area contributed by atoms with Crippen molar-refractivity contribution >= 4 is 23.2 Å². The average molecular weight is 218 g/mol. The fourth-order valence-electron chi connectivity index (χ4n) is 0.888. The van der Waals surface area contributed by atoms with Gasteiger partial charge in [-0.2, -0.15) is 5.10 Å². The lowest BCUT2D eigenvalue weighted by Gasteiger charge is -2.02. The molecule has 0 radical (unpaired) electrons. The van der Waals surface area contributed by atoms with Gasteiger partial charge in [-0.1, -0.05) is 11.6 Å². The summed E-state index contributed by atoms with van der Waals surface area (Å²) in [5.41, 5.74) is 0.499. The summed E-state index contributed by atoms with van der Waals surface area (Å²) >= 11 is 5.83. The van der Waals surface area contributed by atoms with Crippen LogP contribution in [0.2, 0.25) is 5.15 Å². The van der Waals surface area contributed by atoms with Gasteiger partial charge >= 0.3 is 0 Å². The molecule has 0 saturated heterocycles.